The van der Waals surface area contributed by atoms with E-state index in [9.17, 15) is 13.6 Å². The van der Waals surface area contributed by atoms with E-state index in [4.69, 9.17) is 0 Å². The molecule has 1 rings (SSSR count). The largest absolute Gasteiger partial charge is 0.323 e. The molecule has 18 heavy (non-hydrogen) atoms. The number of carbonyl (C=O) groups is 1. The maximum Gasteiger partial charge on any atom is 0.323 e. The van der Waals surface area contributed by atoms with Crippen LogP contribution in [0.25, 0.3) is 0 Å². The molecule has 2 N–H and O–H groups in total. The molecule has 0 aliphatic rings. The average molecular weight is 250 g/mol. The van der Waals surface area contributed by atoms with Crippen molar-refractivity contribution in [3.8, 4) is 0 Å². The van der Waals surface area contributed by atoms with Gasteiger partial charge in [-0.15, -0.1) is 0 Å². The van der Waals surface area contributed by atoms with E-state index in [1.807, 2.05) is 0 Å². The topological polar surface area (TPSA) is 41.1 Å². The minimum Gasteiger partial charge on any atom is -0.308 e. The molecule has 1 aromatic rings. The summed E-state index contributed by atoms with van der Waals surface area (Å²) in [4.78, 5) is 11.5. The molecule has 0 aliphatic carbocycles. The Kier molecular flexibility index (Phi) is 4.80. The number of nitrogens with one attached hydrogen (secondary N) is 2. The third kappa shape index (κ3) is 3.86. The fourth-order valence-electron chi connectivity index (χ4n) is 1.14. The molecule has 0 bridgehead atoms. The fraction of sp³-hybridized carbons (Fsp3) is 0. The molecule has 0 aliphatic heterocycles. The summed E-state index contributed by atoms with van der Waals surface area (Å²) >= 11 is 0. The zero-order chi connectivity index (χ0) is 13.5. The van der Waals surface area contributed by atoms with Gasteiger partial charge in [-0.25, -0.2) is 13.6 Å². The summed E-state index contributed by atoms with van der Waals surface area (Å²) in [5.74, 6) is -1.11. The van der Waals surface area contributed by atoms with E-state index in [2.05, 4.69) is 23.8 Å². The normalized spacial score (nSPS) is 11.2. The van der Waals surface area contributed by atoms with Gasteiger partial charge in [0.05, 0.1) is 5.70 Å². The molecule has 94 valence electrons. The van der Waals surface area contributed by atoms with Gasteiger partial charge in [-0.2, -0.15) is 0 Å². The lowest BCUT2D eigenvalue weighted by Gasteiger charge is -2.08. The first-order valence-corrected chi connectivity index (χ1v) is 5.05. The van der Waals surface area contributed by atoms with Gasteiger partial charge in [0.1, 0.15) is 11.6 Å². The van der Waals surface area contributed by atoms with E-state index in [0.717, 1.165) is 12.2 Å². The standard InChI is InChI=1S/C13H12F2N2O/c1-3-11(15)12(4-2)17-13(18)16-10-7-5-9(14)6-8-10/h3-8H,1-2H2,(H2,16,17,18)/b12-11-. The highest BCUT2D eigenvalue weighted by Gasteiger charge is 2.06. The van der Waals surface area contributed by atoms with Crippen LogP contribution in [0, 0.1) is 5.82 Å². The van der Waals surface area contributed by atoms with Crippen molar-refractivity contribution >= 4 is 11.7 Å². The van der Waals surface area contributed by atoms with Gasteiger partial charge in [0.15, 0.2) is 0 Å². The van der Waals surface area contributed by atoms with Gasteiger partial charge in [0, 0.05) is 5.69 Å². The monoisotopic (exact) mass is 250 g/mol. The quantitative estimate of drug-likeness (QED) is 0.789. The van der Waals surface area contributed by atoms with Crippen molar-refractivity contribution in [3.05, 3.63) is 66.9 Å². The van der Waals surface area contributed by atoms with Crippen LogP contribution >= 0.6 is 0 Å². The van der Waals surface area contributed by atoms with E-state index in [1.54, 1.807) is 0 Å². The Morgan fingerprint density at radius 3 is 2.28 bits per heavy atom. The van der Waals surface area contributed by atoms with Crippen LogP contribution in [0.1, 0.15) is 0 Å². The predicted molar refractivity (Wildman–Crippen MR) is 67.1 cm³/mol. The summed E-state index contributed by atoms with van der Waals surface area (Å²) in [7, 11) is 0. The van der Waals surface area contributed by atoms with Gasteiger partial charge < -0.3 is 10.6 Å². The second-order valence-corrected chi connectivity index (χ2v) is 3.26. The van der Waals surface area contributed by atoms with Crippen molar-refractivity contribution in [1.82, 2.24) is 5.32 Å². The van der Waals surface area contributed by atoms with E-state index in [1.165, 1.54) is 24.3 Å². The maximum absolute atomic E-state index is 13.1. The molecule has 5 heteroatoms. The van der Waals surface area contributed by atoms with Crippen LogP contribution in [-0.2, 0) is 0 Å². The predicted octanol–water partition coefficient (Wildman–Crippen LogP) is 3.50. The van der Waals surface area contributed by atoms with Gasteiger partial charge in [-0.1, -0.05) is 13.2 Å². The maximum atomic E-state index is 13.1. The zero-order valence-corrected chi connectivity index (χ0v) is 9.54. The number of hydrogen-bond acceptors (Lipinski definition) is 1. The lowest BCUT2D eigenvalue weighted by molar-refractivity contribution is 0.254. The third-order valence-electron chi connectivity index (χ3n) is 1.99. The van der Waals surface area contributed by atoms with Crippen molar-refractivity contribution in [2.75, 3.05) is 5.32 Å². The van der Waals surface area contributed by atoms with Crippen LogP contribution in [0.4, 0.5) is 19.3 Å². The van der Waals surface area contributed by atoms with Gasteiger partial charge in [0.2, 0.25) is 0 Å². The molecule has 0 unspecified atom stereocenters. The number of anilines is 1. The Morgan fingerprint density at radius 2 is 1.78 bits per heavy atom. The van der Waals surface area contributed by atoms with Gasteiger partial charge >= 0.3 is 6.03 Å². The Labute approximate surface area is 104 Å². The Hall–Kier alpha value is -2.43. The molecule has 0 radical (unpaired) electrons. The number of amides is 2. The highest BCUT2D eigenvalue weighted by molar-refractivity contribution is 5.90. The number of halogens is 2. The number of urea groups is 1. The Bertz CT molecular complexity index is 492. The van der Waals surface area contributed by atoms with Gasteiger partial charge in [0.25, 0.3) is 0 Å². The van der Waals surface area contributed by atoms with Gasteiger partial charge in [-0.3, -0.25) is 0 Å². The van der Waals surface area contributed by atoms with Crippen LogP contribution < -0.4 is 10.6 Å². The van der Waals surface area contributed by atoms with Crippen LogP contribution in [0.5, 0.6) is 0 Å². The number of carbonyl (C=O) groups excluding carboxylic acids is 1. The molecule has 0 aromatic heterocycles. The number of allylic oxidation sites excluding steroid dienone is 3. The summed E-state index contributed by atoms with van der Waals surface area (Å²) < 4.78 is 25.8. The van der Waals surface area contributed by atoms with E-state index < -0.39 is 17.7 Å². The fourth-order valence-corrected chi connectivity index (χ4v) is 1.14. The number of benzene rings is 1. The zero-order valence-electron chi connectivity index (χ0n) is 9.54. The third-order valence-corrected chi connectivity index (χ3v) is 1.99. The first-order chi connectivity index (χ1) is 8.56. The van der Waals surface area contributed by atoms with E-state index in [-0.39, 0.29) is 5.70 Å². The summed E-state index contributed by atoms with van der Waals surface area (Å²) in [6.45, 7) is 6.60. The molecule has 0 heterocycles. The average Bonchev–Trinajstić information content (AvgIpc) is 2.37. The van der Waals surface area contributed by atoms with Crippen molar-refractivity contribution in [2.45, 2.75) is 0 Å². The highest BCUT2D eigenvalue weighted by Crippen LogP contribution is 2.09. The molecule has 3 nitrogen and oxygen atoms in total. The minimum absolute atomic E-state index is 0.0930. The first kappa shape index (κ1) is 13.6. The smallest absolute Gasteiger partial charge is 0.308 e. The van der Waals surface area contributed by atoms with Crippen molar-refractivity contribution < 1.29 is 13.6 Å². The SMILES string of the molecule is C=C/C(F)=C(\C=C)NC(=O)Nc1ccc(F)cc1. The molecule has 1 aromatic carbocycles. The molecular formula is C13H12F2N2O. The highest BCUT2D eigenvalue weighted by atomic mass is 19.1. The van der Waals surface area contributed by atoms with Gasteiger partial charge in [-0.05, 0) is 36.4 Å². The second kappa shape index (κ2) is 6.34. The lowest BCUT2D eigenvalue weighted by atomic mass is 10.3. The molecule has 0 spiro atoms. The summed E-state index contributed by atoms with van der Waals surface area (Å²) in [5.41, 5.74) is 0.293. The molecule has 0 saturated heterocycles. The van der Waals surface area contributed by atoms with Crippen molar-refractivity contribution in [3.63, 3.8) is 0 Å². The number of rotatable bonds is 4. The van der Waals surface area contributed by atoms with Crippen LogP contribution in [-0.4, -0.2) is 6.03 Å². The van der Waals surface area contributed by atoms with Crippen LogP contribution in [0.3, 0.4) is 0 Å². The minimum atomic E-state index is -0.695. The molecule has 2 amide bonds. The van der Waals surface area contributed by atoms with E-state index in [0.29, 0.717) is 5.69 Å². The van der Waals surface area contributed by atoms with Crippen molar-refractivity contribution in [2.24, 2.45) is 0 Å². The van der Waals surface area contributed by atoms with Crippen LogP contribution in [0.2, 0.25) is 0 Å². The molecule has 0 fully saturated rings. The molecule has 0 saturated carbocycles. The van der Waals surface area contributed by atoms with E-state index >= 15 is 0 Å². The summed E-state index contributed by atoms with van der Waals surface area (Å²) in [5, 5.41) is 4.67. The van der Waals surface area contributed by atoms with Crippen molar-refractivity contribution in [1.29, 1.82) is 0 Å². The molecular weight excluding hydrogens is 238 g/mol. The Balaban J connectivity index is 2.69. The summed E-state index contributed by atoms with van der Waals surface area (Å²) in [6, 6.07) is 4.51. The first-order valence-electron chi connectivity index (χ1n) is 5.05. The Morgan fingerprint density at radius 1 is 1.17 bits per heavy atom. The molecule has 0 atom stereocenters. The number of hydrogen-bond donors (Lipinski definition) is 2. The second-order valence-electron chi connectivity index (χ2n) is 3.26. The van der Waals surface area contributed by atoms with Crippen LogP contribution in [0.15, 0.2) is 61.1 Å². The summed E-state index contributed by atoms with van der Waals surface area (Å²) in [6.07, 6.45) is 2.11. The lowest BCUT2D eigenvalue weighted by Crippen LogP contribution is -2.27.